The molecule has 39 heavy (non-hydrogen) atoms. The number of thiocarbonyl (C=S) groups is 1. The highest BCUT2D eigenvalue weighted by Gasteiger charge is 2.34. The van der Waals surface area contributed by atoms with Crippen LogP contribution in [0.5, 0.6) is 5.75 Å². The highest BCUT2D eigenvalue weighted by molar-refractivity contribution is 9.10. The van der Waals surface area contributed by atoms with E-state index in [1.54, 1.807) is 23.1 Å². The number of hydrogen-bond donors (Lipinski definition) is 2. The molecule has 0 aromatic heterocycles. The summed E-state index contributed by atoms with van der Waals surface area (Å²) < 4.78 is 11.7. The number of esters is 1. The molecule has 0 bridgehead atoms. The second-order valence-corrected chi connectivity index (χ2v) is 11.1. The van der Waals surface area contributed by atoms with Crippen LogP contribution in [-0.2, 0) is 14.3 Å². The topological polar surface area (TPSA) is 97.0 Å². The highest BCUT2D eigenvalue weighted by atomic mass is 79.9. The third-order valence-corrected chi connectivity index (χ3v) is 7.55. The van der Waals surface area contributed by atoms with Crippen LogP contribution in [0.1, 0.15) is 101 Å². The summed E-state index contributed by atoms with van der Waals surface area (Å²) in [5.41, 5.74) is 0.391. The number of nitrogens with zero attached hydrogens (tertiary/aromatic N) is 1. The lowest BCUT2D eigenvalue weighted by molar-refractivity contribution is -0.147. The number of rotatable bonds is 17. The third kappa shape index (κ3) is 12.2. The molecule has 1 heterocycles. The van der Waals surface area contributed by atoms with Gasteiger partial charge in [0.05, 0.1) is 24.1 Å². The molecule has 0 spiro atoms. The van der Waals surface area contributed by atoms with Crippen LogP contribution in [0, 0.1) is 0 Å². The van der Waals surface area contributed by atoms with E-state index < -0.39 is 17.9 Å². The molecular weight excluding hydrogens is 582 g/mol. The molecule has 1 atom stereocenters. The SMILES string of the molecule is CCCCCCCCCCCCOC(=O)CC1C(=O)NCCN1C(=S)NC(=O)c1ccc(OCCC)c(Br)c1. The highest BCUT2D eigenvalue weighted by Crippen LogP contribution is 2.26. The minimum atomic E-state index is -0.830. The molecule has 1 saturated heterocycles. The monoisotopic (exact) mass is 625 g/mol. The van der Waals surface area contributed by atoms with Crippen LogP contribution in [0.25, 0.3) is 0 Å². The number of halogens is 1. The molecule has 2 amide bonds. The van der Waals surface area contributed by atoms with E-state index in [0.717, 1.165) is 25.7 Å². The lowest BCUT2D eigenvalue weighted by atomic mass is 10.1. The normalized spacial score (nSPS) is 15.0. The molecule has 2 rings (SSSR count). The molecule has 1 aromatic rings. The predicted molar refractivity (Wildman–Crippen MR) is 161 cm³/mol. The van der Waals surface area contributed by atoms with Crippen molar-refractivity contribution in [2.45, 2.75) is 96.9 Å². The minimum absolute atomic E-state index is 0.102. The van der Waals surface area contributed by atoms with Gasteiger partial charge in [-0.25, -0.2) is 0 Å². The summed E-state index contributed by atoms with van der Waals surface area (Å²) in [6, 6.07) is 4.20. The van der Waals surface area contributed by atoms with Gasteiger partial charge in [-0.1, -0.05) is 71.6 Å². The van der Waals surface area contributed by atoms with Gasteiger partial charge in [0.1, 0.15) is 11.8 Å². The van der Waals surface area contributed by atoms with E-state index in [4.69, 9.17) is 21.7 Å². The number of hydrogen-bond acceptors (Lipinski definition) is 6. The van der Waals surface area contributed by atoms with Gasteiger partial charge in [0.15, 0.2) is 5.11 Å². The summed E-state index contributed by atoms with van der Waals surface area (Å²) in [7, 11) is 0. The summed E-state index contributed by atoms with van der Waals surface area (Å²) in [5.74, 6) is -0.510. The maximum absolute atomic E-state index is 12.8. The van der Waals surface area contributed by atoms with E-state index in [-0.39, 0.29) is 17.4 Å². The van der Waals surface area contributed by atoms with Crippen LogP contribution in [0.15, 0.2) is 22.7 Å². The number of amides is 2. The Morgan fingerprint density at radius 2 is 1.69 bits per heavy atom. The lowest BCUT2D eigenvalue weighted by Gasteiger charge is -2.36. The Morgan fingerprint density at radius 3 is 2.33 bits per heavy atom. The molecule has 218 valence electrons. The Kier molecular flexibility index (Phi) is 16.1. The molecule has 0 aliphatic carbocycles. The van der Waals surface area contributed by atoms with E-state index in [2.05, 4.69) is 33.5 Å². The van der Waals surface area contributed by atoms with Crippen LogP contribution in [0.2, 0.25) is 0 Å². The van der Waals surface area contributed by atoms with Gasteiger partial charge in [0.2, 0.25) is 5.91 Å². The average Bonchev–Trinajstić information content (AvgIpc) is 2.92. The number of carbonyl (C=O) groups excluding carboxylic acids is 3. The first-order valence-corrected chi connectivity index (χ1v) is 15.5. The molecule has 1 aromatic carbocycles. The molecule has 2 N–H and O–H groups in total. The van der Waals surface area contributed by atoms with Crippen molar-refractivity contribution in [1.82, 2.24) is 15.5 Å². The molecule has 10 heteroatoms. The van der Waals surface area contributed by atoms with Crippen LogP contribution < -0.4 is 15.4 Å². The molecule has 0 radical (unpaired) electrons. The first kappa shape index (κ1) is 33.0. The van der Waals surface area contributed by atoms with Crippen molar-refractivity contribution < 1.29 is 23.9 Å². The van der Waals surface area contributed by atoms with Crippen molar-refractivity contribution in [3.05, 3.63) is 28.2 Å². The summed E-state index contributed by atoms with van der Waals surface area (Å²) >= 11 is 8.89. The van der Waals surface area contributed by atoms with Crippen molar-refractivity contribution >= 4 is 51.0 Å². The van der Waals surface area contributed by atoms with Gasteiger partial charge in [-0.2, -0.15) is 0 Å². The Hall–Kier alpha value is -2.20. The van der Waals surface area contributed by atoms with Crippen molar-refractivity contribution in [3.63, 3.8) is 0 Å². The molecule has 1 aliphatic rings. The fourth-order valence-corrected chi connectivity index (χ4v) is 5.17. The number of benzene rings is 1. The smallest absolute Gasteiger partial charge is 0.308 e. The van der Waals surface area contributed by atoms with E-state index in [9.17, 15) is 14.4 Å². The summed E-state index contributed by atoms with van der Waals surface area (Å²) in [4.78, 5) is 39.5. The van der Waals surface area contributed by atoms with E-state index >= 15 is 0 Å². The largest absolute Gasteiger partial charge is 0.492 e. The summed E-state index contributed by atoms with van der Waals surface area (Å²) in [6.07, 6.45) is 12.8. The van der Waals surface area contributed by atoms with Crippen molar-refractivity contribution in [2.75, 3.05) is 26.3 Å². The quantitative estimate of drug-likeness (QED) is 0.126. The lowest BCUT2D eigenvalue weighted by Crippen LogP contribution is -2.60. The molecule has 0 saturated carbocycles. The Labute approximate surface area is 247 Å². The Bertz CT molecular complexity index is 945. The fourth-order valence-electron chi connectivity index (χ4n) is 4.37. The maximum atomic E-state index is 12.8. The van der Waals surface area contributed by atoms with Crippen molar-refractivity contribution in [1.29, 1.82) is 0 Å². The standard InChI is InChI=1S/C29H44BrN3O5S/c1-3-5-6-7-8-9-10-11-12-13-19-38-26(34)21-24-28(36)31-16-17-33(24)29(39)32-27(35)22-14-15-25(23(30)20-22)37-18-4-2/h14-15,20,24H,3-13,16-19,21H2,1-2H3,(H,31,36)(H,32,35,39). The van der Waals surface area contributed by atoms with Gasteiger partial charge in [-0.3, -0.25) is 19.7 Å². The van der Waals surface area contributed by atoms with Gasteiger partial charge >= 0.3 is 5.97 Å². The van der Waals surface area contributed by atoms with Crippen LogP contribution in [0.3, 0.4) is 0 Å². The van der Waals surface area contributed by atoms with E-state index in [0.29, 0.717) is 42.1 Å². The number of unbranched alkanes of at least 4 members (excludes halogenated alkanes) is 9. The molecule has 8 nitrogen and oxygen atoms in total. The maximum Gasteiger partial charge on any atom is 0.308 e. The minimum Gasteiger partial charge on any atom is -0.492 e. The third-order valence-electron chi connectivity index (χ3n) is 6.59. The van der Waals surface area contributed by atoms with Gasteiger partial charge in [0.25, 0.3) is 5.91 Å². The predicted octanol–water partition coefficient (Wildman–Crippen LogP) is 5.91. The number of carbonyl (C=O) groups is 3. The first-order chi connectivity index (χ1) is 18.9. The number of piperazine rings is 1. The van der Waals surface area contributed by atoms with Gasteiger partial charge in [-0.15, -0.1) is 0 Å². The molecular formula is C29H44BrN3O5S. The van der Waals surface area contributed by atoms with Gasteiger partial charge in [0, 0.05) is 18.7 Å². The zero-order valence-electron chi connectivity index (χ0n) is 23.4. The summed E-state index contributed by atoms with van der Waals surface area (Å²) in [6.45, 7) is 5.92. The van der Waals surface area contributed by atoms with Crippen molar-refractivity contribution in [3.8, 4) is 5.75 Å². The average molecular weight is 627 g/mol. The number of nitrogens with one attached hydrogen (secondary N) is 2. The van der Waals surface area contributed by atoms with E-state index in [1.165, 1.54) is 44.9 Å². The second kappa shape index (κ2) is 19.0. The Morgan fingerprint density at radius 1 is 1.03 bits per heavy atom. The van der Waals surface area contributed by atoms with Crippen LogP contribution in [-0.4, -0.2) is 60.1 Å². The van der Waals surface area contributed by atoms with E-state index in [1.807, 2.05) is 6.92 Å². The molecule has 1 aliphatic heterocycles. The zero-order valence-corrected chi connectivity index (χ0v) is 25.8. The fraction of sp³-hybridized carbons (Fsp3) is 0.655. The first-order valence-electron chi connectivity index (χ1n) is 14.3. The van der Waals surface area contributed by atoms with Crippen molar-refractivity contribution in [2.24, 2.45) is 0 Å². The van der Waals surface area contributed by atoms with Gasteiger partial charge < -0.3 is 19.7 Å². The second-order valence-electron chi connectivity index (χ2n) is 9.86. The van der Waals surface area contributed by atoms with Crippen LogP contribution in [0.4, 0.5) is 0 Å². The Balaban J connectivity index is 1.76. The molecule has 1 unspecified atom stereocenters. The van der Waals surface area contributed by atoms with Gasteiger partial charge in [-0.05, 0) is 59.2 Å². The zero-order chi connectivity index (χ0) is 28.5. The number of ether oxygens (including phenoxy) is 2. The molecule has 1 fully saturated rings. The summed E-state index contributed by atoms with van der Waals surface area (Å²) in [5, 5.41) is 5.57. The van der Waals surface area contributed by atoms with Crippen LogP contribution >= 0.6 is 28.1 Å².